The summed E-state index contributed by atoms with van der Waals surface area (Å²) in [6, 6.07) is 13.6. The number of hydrogen-bond donors (Lipinski definition) is 3. The van der Waals surface area contributed by atoms with Gasteiger partial charge in [0.15, 0.2) is 6.10 Å². The number of hydrogen-bond acceptors (Lipinski definition) is 4. The highest BCUT2D eigenvalue weighted by molar-refractivity contribution is 5.97. The molecule has 0 saturated heterocycles. The van der Waals surface area contributed by atoms with Crippen molar-refractivity contribution in [2.24, 2.45) is 0 Å². The molecule has 0 saturated carbocycles. The Morgan fingerprint density at radius 3 is 2.58 bits per heavy atom. The van der Waals surface area contributed by atoms with E-state index in [1.165, 1.54) is 6.33 Å². The van der Waals surface area contributed by atoms with Crippen LogP contribution in [0.4, 0.5) is 0 Å². The van der Waals surface area contributed by atoms with Gasteiger partial charge in [-0.2, -0.15) is 0 Å². The molecule has 2 aromatic carbocycles. The summed E-state index contributed by atoms with van der Waals surface area (Å²) >= 11 is 0. The van der Waals surface area contributed by atoms with E-state index in [0.717, 1.165) is 5.56 Å². The van der Waals surface area contributed by atoms with E-state index in [1.807, 2.05) is 30.3 Å². The second kappa shape index (κ2) is 7.37. The lowest BCUT2D eigenvalue weighted by Gasteiger charge is -2.22. The van der Waals surface area contributed by atoms with E-state index in [4.69, 9.17) is 0 Å². The second-order valence-electron chi connectivity index (χ2n) is 5.97. The summed E-state index contributed by atoms with van der Waals surface area (Å²) in [4.78, 5) is 27.5. The highest BCUT2D eigenvalue weighted by Gasteiger charge is 2.28. The number of carboxylic acids is 1. The predicted octanol–water partition coefficient (Wildman–Crippen LogP) is 1.63. The first-order valence-corrected chi connectivity index (χ1v) is 8.14. The van der Waals surface area contributed by atoms with Crippen molar-refractivity contribution in [2.45, 2.75) is 18.6 Å². The molecule has 3 aromatic rings. The minimum Gasteiger partial charge on any atom is -0.479 e. The van der Waals surface area contributed by atoms with Gasteiger partial charge in [0.05, 0.1) is 23.4 Å². The summed E-state index contributed by atoms with van der Waals surface area (Å²) in [5, 5.41) is 22.1. The third-order valence-electron chi connectivity index (χ3n) is 4.33. The molecule has 26 heavy (non-hydrogen) atoms. The van der Waals surface area contributed by atoms with E-state index in [1.54, 1.807) is 29.8 Å². The van der Waals surface area contributed by atoms with Crippen LogP contribution in [0.2, 0.25) is 0 Å². The van der Waals surface area contributed by atoms with Gasteiger partial charge in [-0.3, -0.25) is 4.79 Å². The van der Waals surface area contributed by atoms with Gasteiger partial charge in [-0.1, -0.05) is 30.3 Å². The summed E-state index contributed by atoms with van der Waals surface area (Å²) in [7, 11) is 1.55. The van der Waals surface area contributed by atoms with Crippen molar-refractivity contribution in [3.05, 3.63) is 66.0 Å². The maximum atomic E-state index is 11.8. The number of rotatable bonds is 6. The zero-order chi connectivity index (χ0) is 18.7. The van der Waals surface area contributed by atoms with Gasteiger partial charge in [-0.15, -0.1) is 0 Å². The Hall–Kier alpha value is -3.19. The number of aliphatic carboxylic acids is 1. The molecule has 0 radical (unpaired) electrons. The molecule has 0 aliphatic carbocycles. The Bertz CT molecular complexity index is 936. The van der Waals surface area contributed by atoms with Gasteiger partial charge >= 0.3 is 5.97 Å². The van der Waals surface area contributed by atoms with Crippen LogP contribution in [0.25, 0.3) is 11.0 Å². The van der Waals surface area contributed by atoms with Crippen molar-refractivity contribution in [1.29, 1.82) is 0 Å². The molecule has 2 unspecified atom stereocenters. The summed E-state index contributed by atoms with van der Waals surface area (Å²) in [5.74, 6) is -1.53. The molecule has 3 N–H and O–H groups in total. The highest BCUT2D eigenvalue weighted by Crippen LogP contribution is 2.25. The molecule has 7 heteroatoms. The van der Waals surface area contributed by atoms with Crippen LogP contribution in [0.15, 0.2) is 54.9 Å². The van der Waals surface area contributed by atoms with Crippen molar-refractivity contribution in [3.8, 4) is 0 Å². The molecule has 134 valence electrons. The number of carboxylic acid groups (broad SMARTS) is 1. The number of aliphatic hydroxyl groups is 1. The Morgan fingerprint density at radius 2 is 1.92 bits per heavy atom. The number of carbonyl (C=O) groups excluding carboxylic acids is 1. The number of aliphatic hydroxyl groups excluding tert-OH is 1. The number of nitrogens with zero attached hydrogens (tertiary/aromatic N) is 2. The Labute approximate surface area is 149 Å². The van der Waals surface area contributed by atoms with Gasteiger partial charge in [0.2, 0.25) is 0 Å². The maximum absolute atomic E-state index is 11.8. The lowest BCUT2D eigenvalue weighted by Crippen LogP contribution is -2.32. The van der Waals surface area contributed by atoms with Crippen LogP contribution in [0.5, 0.6) is 0 Å². The van der Waals surface area contributed by atoms with Crippen LogP contribution in [0.1, 0.15) is 22.0 Å². The van der Waals surface area contributed by atoms with Crippen LogP contribution in [-0.2, 0) is 11.2 Å². The maximum Gasteiger partial charge on any atom is 0.334 e. The minimum atomic E-state index is -1.59. The van der Waals surface area contributed by atoms with Gasteiger partial charge in [-0.25, -0.2) is 9.78 Å². The fraction of sp³-hybridized carbons (Fsp3) is 0.211. The van der Waals surface area contributed by atoms with Crippen molar-refractivity contribution in [2.75, 3.05) is 7.05 Å². The Balaban J connectivity index is 2.03. The van der Waals surface area contributed by atoms with Crippen LogP contribution in [0.3, 0.4) is 0 Å². The molecule has 0 fully saturated rings. The van der Waals surface area contributed by atoms with E-state index >= 15 is 0 Å². The zero-order valence-corrected chi connectivity index (χ0v) is 14.2. The summed E-state index contributed by atoms with van der Waals surface area (Å²) in [6.45, 7) is 0. The number of fused-ring (bicyclic) bond motifs is 1. The van der Waals surface area contributed by atoms with Crippen molar-refractivity contribution in [3.63, 3.8) is 0 Å². The van der Waals surface area contributed by atoms with Gasteiger partial charge in [0, 0.05) is 12.6 Å². The number of carbonyl (C=O) groups is 2. The molecule has 0 bridgehead atoms. The number of benzene rings is 2. The van der Waals surface area contributed by atoms with E-state index in [-0.39, 0.29) is 5.91 Å². The SMILES string of the molecule is CNC(=O)c1ccc2c(c1)ncn2C(Cc1ccccc1)C(O)C(=O)O. The molecule has 1 aromatic heterocycles. The second-order valence-corrected chi connectivity index (χ2v) is 5.97. The molecule has 2 atom stereocenters. The predicted molar refractivity (Wildman–Crippen MR) is 95.9 cm³/mol. The van der Waals surface area contributed by atoms with E-state index < -0.39 is 18.1 Å². The van der Waals surface area contributed by atoms with Gasteiger partial charge in [0.1, 0.15) is 0 Å². The molecule has 3 rings (SSSR count). The lowest BCUT2D eigenvalue weighted by atomic mass is 10.0. The topological polar surface area (TPSA) is 104 Å². The van der Waals surface area contributed by atoms with E-state index in [0.29, 0.717) is 23.0 Å². The molecule has 0 spiro atoms. The zero-order valence-electron chi connectivity index (χ0n) is 14.2. The molecule has 1 heterocycles. The summed E-state index contributed by atoms with van der Waals surface area (Å²) in [5.41, 5.74) is 2.57. The number of imidazole rings is 1. The van der Waals surface area contributed by atoms with Crippen LogP contribution in [-0.4, -0.2) is 44.8 Å². The lowest BCUT2D eigenvalue weighted by molar-refractivity contribution is -0.149. The van der Waals surface area contributed by atoms with Crippen molar-refractivity contribution < 1.29 is 19.8 Å². The first-order chi connectivity index (χ1) is 12.5. The Morgan fingerprint density at radius 1 is 1.19 bits per heavy atom. The molecule has 1 amide bonds. The average molecular weight is 353 g/mol. The van der Waals surface area contributed by atoms with Crippen molar-refractivity contribution >= 4 is 22.9 Å². The largest absolute Gasteiger partial charge is 0.479 e. The summed E-state index contributed by atoms with van der Waals surface area (Å²) in [6.07, 6.45) is 0.237. The Kier molecular flexibility index (Phi) is 4.99. The van der Waals surface area contributed by atoms with Crippen LogP contribution in [0, 0.1) is 0 Å². The van der Waals surface area contributed by atoms with Gasteiger partial charge in [0.25, 0.3) is 5.91 Å². The molecule has 0 aliphatic heterocycles. The monoisotopic (exact) mass is 353 g/mol. The fourth-order valence-electron chi connectivity index (χ4n) is 2.96. The van der Waals surface area contributed by atoms with Crippen LogP contribution < -0.4 is 5.32 Å². The number of aromatic nitrogens is 2. The third-order valence-corrected chi connectivity index (χ3v) is 4.33. The van der Waals surface area contributed by atoms with Gasteiger partial charge in [-0.05, 0) is 30.2 Å². The molecular weight excluding hydrogens is 334 g/mol. The van der Waals surface area contributed by atoms with Crippen LogP contribution >= 0.6 is 0 Å². The van der Waals surface area contributed by atoms with E-state index in [9.17, 15) is 19.8 Å². The fourth-order valence-corrected chi connectivity index (χ4v) is 2.96. The molecule has 0 aliphatic rings. The average Bonchev–Trinajstić information content (AvgIpc) is 3.08. The van der Waals surface area contributed by atoms with Crippen molar-refractivity contribution in [1.82, 2.24) is 14.9 Å². The highest BCUT2D eigenvalue weighted by atomic mass is 16.4. The molecular formula is C19H19N3O4. The third kappa shape index (κ3) is 3.43. The quantitative estimate of drug-likeness (QED) is 0.625. The first-order valence-electron chi connectivity index (χ1n) is 8.14. The van der Waals surface area contributed by atoms with E-state index in [2.05, 4.69) is 10.3 Å². The number of nitrogens with one attached hydrogen (secondary N) is 1. The smallest absolute Gasteiger partial charge is 0.334 e. The minimum absolute atomic E-state index is 0.229. The molecule has 7 nitrogen and oxygen atoms in total. The standard InChI is InChI=1S/C19H19N3O4/c1-20-18(24)13-7-8-15-14(10-13)21-11-22(15)16(17(23)19(25)26)9-12-5-3-2-4-6-12/h2-8,10-11,16-17,23H,9H2,1H3,(H,20,24)(H,25,26). The normalized spacial score (nSPS) is 13.3. The first kappa shape index (κ1) is 17.6. The number of amides is 1. The van der Waals surface area contributed by atoms with Gasteiger partial charge < -0.3 is 20.1 Å². The summed E-state index contributed by atoms with van der Waals surface area (Å²) < 4.78 is 1.65.